The summed E-state index contributed by atoms with van der Waals surface area (Å²) in [7, 11) is 1.79. The van der Waals surface area contributed by atoms with Crippen molar-refractivity contribution in [2.75, 3.05) is 31.6 Å². The van der Waals surface area contributed by atoms with Gasteiger partial charge in [-0.3, -0.25) is 9.69 Å². The fourth-order valence-electron chi connectivity index (χ4n) is 2.39. The number of benzene rings is 1. The van der Waals surface area contributed by atoms with Crippen LogP contribution < -0.4 is 4.90 Å². The summed E-state index contributed by atoms with van der Waals surface area (Å²) in [6.07, 6.45) is 2.05. The maximum absolute atomic E-state index is 12.2. The Morgan fingerprint density at radius 1 is 1.44 bits per heavy atom. The Hall–Kier alpha value is -1.39. The molecule has 0 bridgehead atoms. The van der Waals surface area contributed by atoms with Crippen LogP contribution in [0.5, 0.6) is 0 Å². The minimum atomic E-state index is 0.0709. The zero-order chi connectivity index (χ0) is 13.0. The summed E-state index contributed by atoms with van der Waals surface area (Å²) in [4.78, 5) is 15.9. The predicted molar refractivity (Wildman–Crippen MR) is 71.5 cm³/mol. The number of amides is 1. The quantitative estimate of drug-likeness (QED) is 0.868. The van der Waals surface area contributed by atoms with E-state index in [1.165, 1.54) is 0 Å². The first-order valence-electron chi connectivity index (χ1n) is 6.39. The van der Waals surface area contributed by atoms with Crippen LogP contribution in [0.3, 0.4) is 0 Å². The van der Waals surface area contributed by atoms with Gasteiger partial charge in [0.15, 0.2) is 0 Å². The van der Waals surface area contributed by atoms with Gasteiger partial charge in [0.2, 0.25) is 5.91 Å². The molecule has 18 heavy (non-hydrogen) atoms. The van der Waals surface area contributed by atoms with Crippen LogP contribution in [-0.4, -0.2) is 48.7 Å². The number of hydrogen-bond acceptors (Lipinski definition) is 3. The van der Waals surface area contributed by atoms with E-state index in [0.29, 0.717) is 6.54 Å². The van der Waals surface area contributed by atoms with Gasteiger partial charge >= 0.3 is 0 Å². The smallest absolute Gasteiger partial charge is 0.240 e. The van der Waals surface area contributed by atoms with Gasteiger partial charge in [-0.15, -0.1) is 0 Å². The van der Waals surface area contributed by atoms with Gasteiger partial charge in [-0.2, -0.15) is 0 Å². The Labute approximate surface area is 108 Å². The molecule has 0 saturated carbocycles. The largest absolute Gasteiger partial charge is 0.395 e. The monoisotopic (exact) mass is 248 g/mol. The van der Waals surface area contributed by atoms with Crippen molar-refractivity contribution in [2.45, 2.75) is 18.9 Å². The zero-order valence-electron chi connectivity index (χ0n) is 10.7. The highest BCUT2D eigenvalue weighted by Crippen LogP contribution is 2.17. The van der Waals surface area contributed by atoms with Gasteiger partial charge in [0, 0.05) is 18.8 Å². The van der Waals surface area contributed by atoms with Crippen molar-refractivity contribution < 1.29 is 9.90 Å². The Bertz CT molecular complexity index is 394. The Morgan fingerprint density at radius 2 is 2.17 bits per heavy atom. The van der Waals surface area contributed by atoms with Crippen molar-refractivity contribution in [2.24, 2.45) is 0 Å². The van der Waals surface area contributed by atoms with E-state index in [4.69, 9.17) is 0 Å². The number of likely N-dealkylation sites (N-methyl/N-ethyl adjacent to an activating group) is 1. The Balaban J connectivity index is 1.95. The molecule has 0 radical (unpaired) electrons. The number of rotatable bonds is 4. The number of aliphatic hydroxyl groups excluding tert-OH is 1. The predicted octanol–water partition coefficient (Wildman–Crippen LogP) is 1.11. The number of carbonyl (C=O) groups is 1. The molecule has 4 nitrogen and oxygen atoms in total. The van der Waals surface area contributed by atoms with Crippen LogP contribution in [0.2, 0.25) is 0 Å². The minimum absolute atomic E-state index is 0.0709. The summed E-state index contributed by atoms with van der Waals surface area (Å²) in [5, 5.41) is 9.24. The average Bonchev–Trinajstić information content (AvgIpc) is 2.86. The summed E-state index contributed by atoms with van der Waals surface area (Å²) in [5.41, 5.74) is 0.905. The third-order valence-corrected chi connectivity index (χ3v) is 3.57. The van der Waals surface area contributed by atoms with Gasteiger partial charge in [-0.05, 0) is 31.5 Å². The fraction of sp³-hybridized carbons (Fsp3) is 0.500. The first-order chi connectivity index (χ1) is 8.72. The van der Waals surface area contributed by atoms with Crippen molar-refractivity contribution in [3.8, 4) is 0 Å². The van der Waals surface area contributed by atoms with Crippen molar-refractivity contribution in [1.82, 2.24) is 4.90 Å². The topological polar surface area (TPSA) is 43.8 Å². The molecular formula is C14H20N2O2. The molecule has 0 aliphatic carbocycles. The number of para-hydroxylation sites is 1. The number of aliphatic hydroxyl groups is 1. The van der Waals surface area contributed by atoms with Gasteiger partial charge < -0.3 is 10.0 Å². The lowest BCUT2D eigenvalue weighted by Crippen LogP contribution is -2.41. The van der Waals surface area contributed by atoms with Crippen LogP contribution in [0, 0.1) is 0 Å². The van der Waals surface area contributed by atoms with E-state index in [9.17, 15) is 9.90 Å². The van der Waals surface area contributed by atoms with E-state index >= 15 is 0 Å². The van der Waals surface area contributed by atoms with E-state index < -0.39 is 0 Å². The molecule has 1 aliphatic rings. The highest BCUT2D eigenvalue weighted by atomic mass is 16.3. The highest BCUT2D eigenvalue weighted by molar-refractivity contribution is 5.94. The minimum Gasteiger partial charge on any atom is -0.395 e. The van der Waals surface area contributed by atoms with Crippen molar-refractivity contribution in [1.29, 1.82) is 0 Å². The third kappa shape index (κ3) is 2.89. The van der Waals surface area contributed by atoms with Crippen LogP contribution in [0.1, 0.15) is 12.8 Å². The highest BCUT2D eigenvalue weighted by Gasteiger charge is 2.26. The van der Waals surface area contributed by atoms with Gasteiger partial charge in [-0.25, -0.2) is 0 Å². The summed E-state index contributed by atoms with van der Waals surface area (Å²) in [6, 6.07) is 9.77. The van der Waals surface area contributed by atoms with Crippen molar-refractivity contribution in [3.05, 3.63) is 30.3 Å². The number of hydrogen-bond donors (Lipinski definition) is 1. The van der Waals surface area contributed by atoms with Crippen LogP contribution >= 0.6 is 0 Å². The van der Waals surface area contributed by atoms with Crippen molar-refractivity contribution >= 4 is 11.6 Å². The molecule has 0 aromatic heterocycles. The zero-order valence-corrected chi connectivity index (χ0v) is 10.7. The molecule has 1 unspecified atom stereocenters. The Morgan fingerprint density at radius 3 is 2.83 bits per heavy atom. The lowest BCUT2D eigenvalue weighted by atomic mass is 10.2. The van der Waals surface area contributed by atoms with E-state index in [1.807, 2.05) is 30.3 Å². The molecule has 1 N–H and O–H groups in total. The SMILES string of the molecule is CN(C(=O)CN1CCCC1CO)c1ccccc1. The summed E-state index contributed by atoms with van der Waals surface area (Å²) >= 11 is 0. The first-order valence-corrected chi connectivity index (χ1v) is 6.39. The average molecular weight is 248 g/mol. The van der Waals surface area contributed by atoms with Gasteiger partial charge in [0.1, 0.15) is 0 Å². The molecule has 1 aliphatic heterocycles. The van der Waals surface area contributed by atoms with Crippen LogP contribution in [-0.2, 0) is 4.79 Å². The standard InChI is InChI=1S/C14H20N2O2/c1-15(12-6-3-2-4-7-12)14(18)10-16-9-5-8-13(16)11-17/h2-4,6-7,13,17H,5,8-11H2,1H3. The molecule has 98 valence electrons. The second kappa shape index (κ2) is 5.98. The number of carbonyl (C=O) groups excluding carboxylic acids is 1. The van der Waals surface area contributed by atoms with Gasteiger partial charge in [0.05, 0.1) is 13.2 Å². The molecule has 1 saturated heterocycles. The molecule has 1 amide bonds. The maximum atomic E-state index is 12.2. The number of anilines is 1. The van der Waals surface area contributed by atoms with E-state index in [2.05, 4.69) is 4.90 Å². The Kier molecular flexibility index (Phi) is 4.33. The molecule has 1 aromatic carbocycles. The third-order valence-electron chi connectivity index (χ3n) is 3.57. The molecule has 2 rings (SSSR count). The molecule has 0 spiro atoms. The maximum Gasteiger partial charge on any atom is 0.240 e. The first kappa shape index (κ1) is 13.1. The fourth-order valence-corrected chi connectivity index (χ4v) is 2.39. The number of likely N-dealkylation sites (tertiary alicyclic amines) is 1. The van der Waals surface area contributed by atoms with Crippen molar-refractivity contribution in [3.63, 3.8) is 0 Å². The van der Waals surface area contributed by atoms with Gasteiger partial charge in [0.25, 0.3) is 0 Å². The number of nitrogens with zero attached hydrogens (tertiary/aromatic N) is 2. The summed E-state index contributed by atoms with van der Waals surface area (Å²) < 4.78 is 0. The van der Waals surface area contributed by atoms with E-state index in [-0.39, 0.29) is 18.6 Å². The molecule has 1 atom stereocenters. The second-order valence-corrected chi connectivity index (χ2v) is 4.74. The molecule has 1 heterocycles. The molecule has 4 heteroatoms. The molecule has 1 aromatic rings. The molecule has 1 fully saturated rings. The normalized spacial score (nSPS) is 20.0. The second-order valence-electron chi connectivity index (χ2n) is 4.74. The van der Waals surface area contributed by atoms with Crippen LogP contribution in [0.4, 0.5) is 5.69 Å². The van der Waals surface area contributed by atoms with Crippen LogP contribution in [0.15, 0.2) is 30.3 Å². The van der Waals surface area contributed by atoms with E-state index in [1.54, 1.807) is 11.9 Å². The molecular weight excluding hydrogens is 228 g/mol. The van der Waals surface area contributed by atoms with Gasteiger partial charge in [-0.1, -0.05) is 18.2 Å². The summed E-state index contributed by atoms with van der Waals surface area (Å²) in [5.74, 6) is 0.0709. The summed E-state index contributed by atoms with van der Waals surface area (Å²) in [6.45, 7) is 1.43. The lowest BCUT2D eigenvalue weighted by molar-refractivity contribution is -0.119. The van der Waals surface area contributed by atoms with Crippen LogP contribution in [0.25, 0.3) is 0 Å². The van der Waals surface area contributed by atoms with E-state index in [0.717, 1.165) is 25.1 Å². The lowest BCUT2D eigenvalue weighted by Gasteiger charge is -2.25.